The van der Waals surface area contributed by atoms with Crippen LogP contribution in [0.4, 0.5) is 13.2 Å². The van der Waals surface area contributed by atoms with Crippen LogP contribution in [0.15, 0.2) is 18.5 Å². The molecule has 0 aromatic carbocycles. The highest BCUT2D eigenvalue weighted by molar-refractivity contribution is 5.12. The molecule has 1 unspecified atom stereocenters. The van der Waals surface area contributed by atoms with E-state index in [0.29, 0.717) is 5.56 Å². The lowest BCUT2D eigenvalue weighted by Gasteiger charge is -2.08. The van der Waals surface area contributed by atoms with Crippen molar-refractivity contribution in [1.29, 1.82) is 0 Å². The monoisotopic (exact) mass is 223 g/mol. The van der Waals surface area contributed by atoms with E-state index in [4.69, 9.17) is 5.11 Å². The molecule has 86 valence electrons. The number of halogens is 3. The van der Waals surface area contributed by atoms with Crippen molar-refractivity contribution < 1.29 is 23.0 Å². The first-order valence-corrected chi connectivity index (χ1v) is 4.37. The molecule has 0 bridgehead atoms. The fourth-order valence-electron chi connectivity index (χ4n) is 1.05. The van der Waals surface area contributed by atoms with Gasteiger partial charge in [0.25, 0.3) is 0 Å². The summed E-state index contributed by atoms with van der Waals surface area (Å²) in [6.07, 6.45) is -1.84. The van der Waals surface area contributed by atoms with Crippen molar-refractivity contribution in [2.75, 3.05) is 6.61 Å². The number of aliphatic hydroxyl groups excluding tert-OH is 1. The Morgan fingerprint density at radius 2 is 2.20 bits per heavy atom. The molecule has 6 heteroatoms. The van der Waals surface area contributed by atoms with Gasteiger partial charge < -0.3 is 14.4 Å². The van der Waals surface area contributed by atoms with Gasteiger partial charge in [0.2, 0.25) is 0 Å². The number of aromatic nitrogens is 1. The van der Waals surface area contributed by atoms with Gasteiger partial charge in [0.1, 0.15) is 13.3 Å². The number of hydrogen-bond acceptors (Lipinski definition) is 2. The second-order valence-electron chi connectivity index (χ2n) is 3.23. The van der Waals surface area contributed by atoms with Gasteiger partial charge in [0.15, 0.2) is 0 Å². The van der Waals surface area contributed by atoms with Crippen LogP contribution < -0.4 is 0 Å². The van der Waals surface area contributed by atoms with E-state index in [1.165, 1.54) is 4.57 Å². The van der Waals surface area contributed by atoms with Gasteiger partial charge in [-0.05, 0) is 18.6 Å². The summed E-state index contributed by atoms with van der Waals surface area (Å²) in [7, 11) is 0. The maximum Gasteiger partial charge on any atom is 0.411 e. The highest BCUT2D eigenvalue weighted by Crippen LogP contribution is 2.15. The molecule has 1 aromatic rings. The highest BCUT2D eigenvalue weighted by Gasteiger charge is 2.27. The van der Waals surface area contributed by atoms with Gasteiger partial charge in [-0.25, -0.2) is 0 Å². The van der Waals surface area contributed by atoms with E-state index in [2.05, 4.69) is 4.74 Å². The van der Waals surface area contributed by atoms with Crippen molar-refractivity contribution in [3.05, 3.63) is 24.0 Å². The lowest BCUT2D eigenvalue weighted by Crippen LogP contribution is -2.18. The van der Waals surface area contributed by atoms with Gasteiger partial charge >= 0.3 is 6.18 Å². The van der Waals surface area contributed by atoms with E-state index < -0.39 is 18.9 Å². The minimum absolute atomic E-state index is 0.174. The maximum absolute atomic E-state index is 11.7. The van der Waals surface area contributed by atoms with Gasteiger partial charge in [-0.3, -0.25) is 0 Å². The number of rotatable bonds is 4. The Balaban J connectivity index is 2.38. The van der Waals surface area contributed by atoms with Crippen LogP contribution in [-0.2, 0) is 11.5 Å². The predicted octanol–water partition coefficient (Wildman–Crippen LogP) is 2.08. The fraction of sp³-hybridized carbons (Fsp3) is 0.556. The molecule has 0 aliphatic rings. The third-order valence-electron chi connectivity index (χ3n) is 1.76. The molecule has 0 aliphatic heterocycles. The number of hydrogen-bond donors (Lipinski definition) is 1. The highest BCUT2D eigenvalue weighted by atomic mass is 19.4. The Bertz CT molecular complexity index is 307. The summed E-state index contributed by atoms with van der Waals surface area (Å²) in [4.78, 5) is 0. The zero-order valence-corrected chi connectivity index (χ0v) is 8.16. The summed E-state index contributed by atoms with van der Waals surface area (Å²) < 4.78 is 41.0. The lowest BCUT2D eigenvalue weighted by atomic mass is 10.2. The summed E-state index contributed by atoms with van der Waals surface area (Å²) in [5.41, 5.74) is 0.644. The minimum atomic E-state index is -4.31. The fourth-order valence-corrected chi connectivity index (χ4v) is 1.05. The molecular formula is C9H12F3NO2. The van der Waals surface area contributed by atoms with Gasteiger partial charge in [0.05, 0.1) is 6.10 Å². The Labute approximate surface area is 85.1 Å². The predicted molar refractivity (Wildman–Crippen MR) is 47.1 cm³/mol. The van der Waals surface area contributed by atoms with Gasteiger partial charge in [0, 0.05) is 12.4 Å². The molecule has 3 nitrogen and oxygen atoms in total. The SMILES string of the molecule is CC(O)c1ccn(COCC(F)(F)F)c1. The topological polar surface area (TPSA) is 34.4 Å². The second-order valence-corrected chi connectivity index (χ2v) is 3.23. The van der Waals surface area contributed by atoms with Crippen LogP contribution in [-0.4, -0.2) is 22.5 Å². The third kappa shape index (κ3) is 4.35. The van der Waals surface area contributed by atoms with Crippen molar-refractivity contribution in [2.45, 2.75) is 25.9 Å². The van der Waals surface area contributed by atoms with Crippen molar-refractivity contribution >= 4 is 0 Å². The Kier molecular flexibility index (Phi) is 3.76. The largest absolute Gasteiger partial charge is 0.411 e. The molecule has 1 rings (SSSR count). The summed E-state index contributed by atoms with van der Waals surface area (Å²) in [5, 5.41) is 9.16. The molecule has 1 atom stereocenters. The van der Waals surface area contributed by atoms with Crippen molar-refractivity contribution in [2.24, 2.45) is 0 Å². The summed E-state index contributed by atoms with van der Waals surface area (Å²) >= 11 is 0. The summed E-state index contributed by atoms with van der Waals surface area (Å²) in [6.45, 7) is 0.137. The molecule has 0 radical (unpaired) electrons. The van der Waals surface area contributed by atoms with Crippen LogP contribution in [0, 0.1) is 0 Å². The average Bonchev–Trinajstić information content (AvgIpc) is 2.50. The van der Waals surface area contributed by atoms with Crippen LogP contribution >= 0.6 is 0 Å². The van der Waals surface area contributed by atoms with Crippen molar-refractivity contribution in [3.63, 3.8) is 0 Å². The van der Waals surface area contributed by atoms with Crippen LogP contribution in [0.1, 0.15) is 18.6 Å². The second kappa shape index (κ2) is 4.67. The number of nitrogens with zero attached hydrogens (tertiary/aromatic N) is 1. The molecule has 15 heavy (non-hydrogen) atoms. The van der Waals surface area contributed by atoms with E-state index in [9.17, 15) is 13.2 Å². The van der Waals surface area contributed by atoms with Crippen LogP contribution in [0.25, 0.3) is 0 Å². The normalized spacial score (nSPS) is 14.2. The average molecular weight is 223 g/mol. The molecular weight excluding hydrogens is 211 g/mol. The zero-order valence-electron chi connectivity index (χ0n) is 8.16. The van der Waals surface area contributed by atoms with E-state index in [-0.39, 0.29) is 6.73 Å². The van der Waals surface area contributed by atoms with Crippen molar-refractivity contribution in [1.82, 2.24) is 4.57 Å². The first-order chi connectivity index (χ1) is 6.88. The molecule has 0 aliphatic carbocycles. The first kappa shape index (κ1) is 12.1. The standard InChI is InChI=1S/C9H12F3NO2/c1-7(14)8-2-3-13(4-8)6-15-5-9(10,11)12/h2-4,7,14H,5-6H2,1H3. The summed E-state index contributed by atoms with van der Waals surface area (Å²) in [5.74, 6) is 0. The third-order valence-corrected chi connectivity index (χ3v) is 1.76. The van der Waals surface area contributed by atoms with E-state index in [1.807, 2.05) is 0 Å². The van der Waals surface area contributed by atoms with Crippen LogP contribution in [0.3, 0.4) is 0 Å². The zero-order chi connectivity index (χ0) is 11.5. The van der Waals surface area contributed by atoms with Gasteiger partial charge in [-0.2, -0.15) is 13.2 Å². The number of aliphatic hydroxyl groups is 1. The minimum Gasteiger partial charge on any atom is -0.389 e. The molecule has 0 spiro atoms. The lowest BCUT2D eigenvalue weighted by molar-refractivity contribution is -0.181. The molecule has 0 fully saturated rings. The molecule has 1 N–H and O–H groups in total. The molecule has 1 aromatic heterocycles. The Hall–Kier alpha value is -1.01. The van der Waals surface area contributed by atoms with Crippen LogP contribution in [0.5, 0.6) is 0 Å². The quantitative estimate of drug-likeness (QED) is 0.847. The maximum atomic E-state index is 11.7. The molecule has 1 heterocycles. The number of ether oxygens (including phenoxy) is 1. The van der Waals surface area contributed by atoms with Gasteiger partial charge in [-0.15, -0.1) is 0 Å². The van der Waals surface area contributed by atoms with E-state index in [0.717, 1.165) is 0 Å². The summed E-state index contributed by atoms with van der Waals surface area (Å²) in [6, 6.07) is 1.63. The molecule has 0 saturated carbocycles. The van der Waals surface area contributed by atoms with Crippen molar-refractivity contribution in [3.8, 4) is 0 Å². The van der Waals surface area contributed by atoms with Gasteiger partial charge in [-0.1, -0.05) is 0 Å². The smallest absolute Gasteiger partial charge is 0.389 e. The Morgan fingerprint density at radius 3 is 2.67 bits per heavy atom. The Morgan fingerprint density at radius 1 is 1.53 bits per heavy atom. The molecule has 0 amide bonds. The first-order valence-electron chi connectivity index (χ1n) is 4.37. The van der Waals surface area contributed by atoms with E-state index in [1.54, 1.807) is 25.4 Å². The van der Waals surface area contributed by atoms with Crippen LogP contribution in [0.2, 0.25) is 0 Å². The van der Waals surface area contributed by atoms with E-state index >= 15 is 0 Å². The molecule has 0 saturated heterocycles. The number of alkyl halides is 3.